The normalized spacial score (nSPS) is 11.5. The van der Waals surface area contributed by atoms with Gasteiger partial charge in [-0.15, -0.1) is 11.3 Å². The fourth-order valence-corrected chi connectivity index (χ4v) is 5.02. The van der Waals surface area contributed by atoms with E-state index in [0.717, 1.165) is 44.2 Å². The van der Waals surface area contributed by atoms with Gasteiger partial charge in [0.15, 0.2) is 5.65 Å². The summed E-state index contributed by atoms with van der Waals surface area (Å²) in [6, 6.07) is 12.1. The zero-order valence-electron chi connectivity index (χ0n) is 19.2. The number of aromatic nitrogens is 6. The third-order valence-electron chi connectivity index (χ3n) is 6.19. The molecular formula is C26H22N6O2S. The van der Waals surface area contributed by atoms with Gasteiger partial charge in [-0.25, -0.2) is 15.0 Å². The van der Waals surface area contributed by atoms with Crippen LogP contribution in [0.1, 0.15) is 16.4 Å². The summed E-state index contributed by atoms with van der Waals surface area (Å²) in [7, 11) is 1.66. The van der Waals surface area contributed by atoms with Crippen molar-refractivity contribution in [3.63, 3.8) is 0 Å². The highest BCUT2D eigenvalue weighted by atomic mass is 32.1. The van der Waals surface area contributed by atoms with Gasteiger partial charge in [-0.3, -0.25) is 4.79 Å². The van der Waals surface area contributed by atoms with Gasteiger partial charge in [-0.1, -0.05) is 12.1 Å². The molecule has 5 aromatic heterocycles. The Morgan fingerprint density at radius 3 is 2.74 bits per heavy atom. The number of aromatic amines is 1. The highest BCUT2D eigenvalue weighted by Crippen LogP contribution is 2.29. The van der Waals surface area contributed by atoms with Crippen LogP contribution in [0.4, 0.5) is 0 Å². The Morgan fingerprint density at radius 1 is 1.11 bits per heavy atom. The first-order valence-electron chi connectivity index (χ1n) is 11.2. The average molecular weight is 483 g/mol. The van der Waals surface area contributed by atoms with Crippen LogP contribution in [0.25, 0.3) is 33.2 Å². The quantitative estimate of drug-likeness (QED) is 0.374. The first kappa shape index (κ1) is 21.3. The van der Waals surface area contributed by atoms with E-state index in [1.54, 1.807) is 24.1 Å². The molecule has 1 N–H and O–H groups in total. The van der Waals surface area contributed by atoms with E-state index in [1.165, 1.54) is 11.3 Å². The van der Waals surface area contributed by atoms with E-state index >= 15 is 0 Å². The van der Waals surface area contributed by atoms with Crippen molar-refractivity contribution in [1.29, 1.82) is 0 Å². The number of nitrogens with one attached hydrogen (secondary N) is 1. The van der Waals surface area contributed by atoms with Crippen molar-refractivity contribution in [2.75, 3.05) is 7.11 Å². The number of hydrogen-bond acceptors (Lipinski definition) is 6. The van der Waals surface area contributed by atoms with Gasteiger partial charge in [0.05, 0.1) is 19.2 Å². The maximum absolute atomic E-state index is 13.1. The number of H-pyrrole nitrogens is 1. The molecule has 0 saturated carbocycles. The largest absolute Gasteiger partial charge is 0.497 e. The Balaban J connectivity index is 1.47. The summed E-state index contributed by atoms with van der Waals surface area (Å²) in [5.74, 6) is 1.72. The third kappa shape index (κ3) is 3.79. The second-order valence-electron chi connectivity index (χ2n) is 8.33. The minimum absolute atomic E-state index is 0.0709. The summed E-state index contributed by atoms with van der Waals surface area (Å²) in [5, 5.41) is 3.66. The molecule has 9 heteroatoms. The lowest BCUT2D eigenvalue weighted by molar-refractivity contribution is 0.414. The van der Waals surface area contributed by atoms with Crippen LogP contribution in [0.15, 0.2) is 71.4 Å². The van der Waals surface area contributed by atoms with Crippen LogP contribution >= 0.6 is 11.3 Å². The summed E-state index contributed by atoms with van der Waals surface area (Å²) in [6.45, 7) is 3.08. The van der Waals surface area contributed by atoms with Crippen molar-refractivity contribution >= 4 is 33.4 Å². The van der Waals surface area contributed by atoms with Crippen LogP contribution in [-0.4, -0.2) is 36.2 Å². The van der Waals surface area contributed by atoms with Crippen LogP contribution in [0.2, 0.25) is 0 Å². The minimum atomic E-state index is -0.0709. The van der Waals surface area contributed by atoms with Gasteiger partial charge >= 0.3 is 0 Å². The van der Waals surface area contributed by atoms with Gasteiger partial charge in [0.25, 0.3) is 5.56 Å². The van der Waals surface area contributed by atoms with E-state index in [0.29, 0.717) is 24.3 Å². The molecule has 0 unspecified atom stereocenters. The molecule has 6 rings (SSSR count). The Hall–Kier alpha value is -4.24. The van der Waals surface area contributed by atoms with E-state index in [4.69, 9.17) is 4.74 Å². The first-order chi connectivity index (χ1) is 17.1. The van der Waals surface area contributed by atoms with E-state index in [1.807, 2.05) is 42.9 Å². The molecule has 0 spiro atoms. The van der Waals surface area contributed by atoms with E-state index in [2.05, 4.69) is 42.7 Å². The lowest BCUT2D eigenvalue weighted by Gasteiger charge is -2.11. The number of hydrogen-bond donors (Lipinski definition) is 1. The second kappa shape index (κ2) is 8.52. The minimum Gasteiger partial charge on any atom is -0.497 e. The SMILES string of the molecule is COc1ccc(Cn2c(C)nc3ncc(-c4cn(Cc5nccs5)c(=O)c5[nH]ccc45)cc32)cc1. The van der Waals surface area contributed by atoms with Crippen molar-refractivity contribution in [3.05, 3.63) is 93.3 Å². The molecule has 1 aromatic carbocycles. The fraction of sp³-hybridized carbons (Fsp3) is 0.154. The smallest absolute Gasteiger partial charge is 0.275 e. The molecule has 0 saturated heterocycles. The predicted molar refractivity (Wildman–Crippen MR) is 137 cm³/mol. The molecule has 8 nitrogen and oxygen atoms in total. The maximum Gasteiger partial charge on any atom is 0.275 e. The number of benzene rings is 1. The molecule has 0 amide bonds. The average Bonchev–Trinajstić information content (AvgIpc) is 3.63. The molecule has 0 aliphatic heterocycles. The summed E-state index contributed by atoms with van der Waals surface area (Å²) < 4.78 is 9.15. The van der Waals surface area contributed by atoms with Crippen molar-refractivity contribution in [2.24, 2.45) is 0 Å². The molecule has 0 atom stereocenters. The number of pyridine rings is 2. The topological polar surface area (TPSA) is 90.6 Å². The number of thiazole rings is 1. The number of rotatable bonds is 6. The predicted octanol–water partition coefficient (Wildman–Crippen LogP) is 4.61. The maximum atomic E-state index is 13.1. The fourth-order valence-electron chi connectivity index (χ4n) is 4.40. The lowest BCUT2D eigenvalue weighted by atomic mass is 10.1. The van der Waals surface area contributed by atoms with Crippen molar-refractivity contribution in [3.8, 4) is 16.9 Å². The molecule has 0 bridgehead atoms. The lowest BCUT2D eigenvalue weighted by Crippen LogP contribution is -2.20. The van der Waals surface area contributed by atoms with Crippen LogP contribution < -0.4 is 10.3 Å². The van der Waals surface area contributed by atoms with Crippen LogP contribution in [0.3, 0.4) is 0 Å². The van der Waals surface area contributed by atoms with Crippen LogP contribution in [0.5, 0.6) is 5.75 Å². The monoisotopic (exact) mass is 482 g/mol. The summed E-state index contributed by atoms with van der Waals surface area (Å²) in [6.07, 6.45) is 7.28. The number of fused-ring (bicyclic) bond motifs is 2. The van der Waals surface area contributed by atoms with E-state index in [-0.39, 0.29) is 5.56 Å². The van der Waals surface area contributed by atoms with Gasteiger partial charge in [0.1, 0.15) is 22.1 Å². The summed E-state index contributed by atoms with van der Waals surface area (Å²) in [5.41, 5.74) is 5.13. The molecule has 0 aliphatic carbocycles. The number of nitrogens with zero attached hydrogens (tertiary/aromatic N) is 5. The van der Waals surface area contributed by atoms with Crippen LogP contribution in [-0.2, 0) is 13.1 Å². The highest BCUT2D eigenvalue weighted by molar-refractivity contribution is 7.09. The first-order valence-corrected chi connectivity index (χ1v) is 12.0. The van der Waals surface area contributed by atoms with Gasteiger partial charge in [-0.05, 0) is 36.8 Å². The number of imidazole rings is 1. The van der Waals surface area contributed by atoms with Crippen molar-refractivity contribution in [2.45, 2.75) is 20.0 Å². The molecule has 6 aromatic rings. The number of ether oxygens (including phenoxy) is 1. The van der Waals surface area contributed by atoms with Crippen LogP contribution in [0, 0.1) is 6.92 Å². The Kier molecular flexibility index (Phi) is 5.18. The molecule has 174 valence electrons. The van der Waals surface area contributed by atoms with E-state index in [9.17, 15) is 4.79 Å². The van der Waals surface area contributed by atoms with Crippen molar-refractivity contribution < 1.29 is 4.74 Å². The Labute approximate surface area is 204 Å². The molecule has 0 aliphatic rings. The summed E-state index contributed by atoms with van der Waals surface area (Å²) >= 11 is 1.53. The van der Waals surface area contributed by atoms with Gasteiger partial charge < -0.3 is 18.9 Å². The van der Waals surface area contributed by atoms with Gasteiger partial charge in [0, 0.05) is 53.2 Å². The summed E-state index contributed by atoms with van der Waals surface area (Å²) in [4.78, 5) is 29.9. The molecule has 0 fully saturated rings. The Bertz CT molecular complexity index is 1710. The zero-order valence-corrected chi connectivity index (χ0v) is 20.0. The molecule has 0 radical (unpaired) electrons. The highest BCUT2D eigenvalue weighted by Gasteiger charge is 2.16. The standard InChI is InChI=1S/C26H22N6O2S/c1-16-30-25-22(32(16)13-17-3-5-19(34-2)6-4-17)11-18(12-29-25)21-14-31(15-23-27-9-10-35-23)26(33)24-20(21)7-8-28-24/h3-12,14,28H,13,15H2,1-2H3. The van der Waals surface area contributed by atoms with Gasteiger partial charge in [0.2, 0.25) is 0 Å². The zero-order chi connectivity index (χ0) is 23.9. The molecule has 5 heterocycles. The third-order valence-corrected chi connectivity index (χ3v) is 6.96. The number of methoxy groups -OCH3 is 1. The van der Waals surface area contributed by atoms with Crippen molar-refractivity contribution in [1.82, 2.24) is 29.1 Å². The van der Waals surface area contributed by atoms with Gasteiger partial charge in [-0.2, -0.15) is 0 Å². The Morgan fingerprint density at radius 2 is 1.97 bits per heavy atom. The second-order valence-corrected chi connectivity index (χ2v) is 9.31. The number of aryl methyl sites for hydroxylation is 1. The molecular weight excluding hydrogens is 460 g/mol. The van der Waals surface area contributed by atoms with E-state index < -0.39 is 0 Å². The molecule has 35 heavy (non-hydrogen) atoms.